The lowest BCUT2D eigenvalue weighted by molar-refractivity contribution is -0.287. The van der Waals surface area contributed by atoms with Gasteiger partial charge in [-0.3, -0.25) is 14.4 Å². The van der Waals surface area contributed by atoms with Gasteiger partial charge in [-0.2, -0.15) is 10.3 Å². The van der Waals surface area contributed by atoms with Crippen molar-refractivity contribution < 1.29 is 39.3 Å². The number of hydroxylamine groups is 2. The van der Waals surface area contributed by atoms with Crippen molar-refractivity contribution in [1.82, 2.24) is 5.06 Å². The first-order valence-electron chi connectivity index (χ1n) is 13.0. The summed E-state index contributed by atoms with van der Waals surface area (Å²) in [5, 5.41) is 43.4. The molecule has 10 heteroatoms. The van der Waals surface area contributed by atoms with Gasteiger partial charge in [-0.05, 0) is 42.5 Å². The van der Waals surface area contributed by atoms with Gasteiger partial charge >= 0.3 is 11.9 Å². The fraction of sp³-hybridized carbons (Fsp3) is 0.258. The number of Topliss-reactive ketones (excluding diaryl/α,β-unsaturated/α-hetero) is 2. The lowest BCUT2D eigenvalue weighted by Gasteiger charge is -2.45. The maximum atomic E-state index is 14.1. The normalized spacial score (nSPS) is 20.9. The van der Waals surface area contributed by atoms with Crippen LogP contribution in [0.4, 0.5) is 0 Å². The second-order valence-electron chi connectivity index (χ2n) is 10.2. The summed E-state index contributed by atoms with van der Waals surface area (Å²) < 4.78 is 0. The lowest BCUT2D eigenvalue weighted by atomic mass is 9.73. The molecule has 0 spiro atoms. The van der Waals surface area contributed by atoms with Crippen LogP contribution < -0.4 is 0 Å². The average molecular weight is 555 g/mol. The number of nitrogens with zero attached hydrogens (tertiary/aromatic N) is 2. The molecule has 1 aliphatic carbocycles. The number of aliphatic hydroxyl groups is 1. The zero-order chi connectivity index (χ0) is 29.4. The molecule has 0 aromatic heterocycles. The Bertz CT molecular complexity index is 1570. The molecule has 0 radical (unpaired) electrons. The van der Waals surface area contributed by atoms with E-state index in [0.29, 0.717) is 24.8 Å². The summed E-state index contributed by atoms with van der Waals surface area (Å²) in [6.07, 6.45) is 1.51. The SMILES string of the molecule is N#Cc1ccc2c(c1)[C@H]1CCCN(OC(C(=O)O)(C(=O)c3ccccc3)C(O)(C(=O)O)C(=O)c3ccccc3)[C@H]1C2. The van der Waals surface area contributed by atoms with E-state index in [2.05, 4.69) is 6.07 Å². The van der Waals surface area contributed by atoms with Crippen LogP contribution in [-0.4, -0.2) is 67.7 Å². The fourth-order valence-corrected chi connectivity index (χ4v) is 5.90. The van der Waals surface area contributed by atoms with E-state index in [1.54, 1.807) is 30.3 Å². The lowest BCUT2D eigenvalue weighted by Crippen LogP contribution is -2.74. The van der Waals surface area contributed by atoms with E-state index in [0.717, 1.165) is 11.1 Å². The Kier molecular flexibility index (Phi) is 7.28. The van der Waals surface area contributed by atoms with E-state index < -0.39 is 40.7 Å². The van der Waals surface area contributed by atoms with Crippen molar-refractivity contribution in [2.75, 3.05) is 6.54 Å². The largest absolute Gasteiger partial charge is 0.479 e. The first-order valence-corrected chi connectivity index (χ1v) is 13.0. The standard InChI is InChI=1S/C31H26N2O8/c32-18-19-13-14-22-17-25-23(24(22)16-19)12-7-15-33(25)41-31(29(38)39,27(35)21-10-5-2-6-11-21)30(40,28(36)37)26(34)20-8-3-1-4-9-20/h1-6,8-11,13-14,16,23,25,40H,7,12,15,17H2,(H,36,37)(H,38,39)/t23-,25+,30?,31?/m1/s1. The van der Waals surface area contributed by atoms with Gasteiger partial charge in [-0.1, -0.05) is 66.7 Å². The Morgan fingerprint density at radius 2 is 1.49 bits per heavy atom. The molecule has 2 aliphatic rings. The summed E-state index contributed by atoms with van der Waals surface area (Å²) in [6.45, 7) is 0.104. The van der Waals surface area contributed by atoms with Gasteiger partial charge in [0.1, 0.15) is 0 Å². The minimum Gasteiger partial charge on any atom is -0.479 e. The number of nitriles is 1. The van der Waals surface area contributed by atoms with Crippen LogP contribution in [0.15, 0.2) is 78.9 Å². The Balaban J connectivity index is 1.67. The molecule has 1 aliphatic heterocycles. The number of benzene rings is 3. The average Bonchev–Trinajstić information content (AvgIpc) is 3.38. The zero-order valence-corrected chi connectivity index (χ0v) is 21.8. The summed E-state index contributed by atoms with van der Waals surface area (Å²) in [7, 11) is 0. The van der Waals surface area contributed by atoms with Gasteiger partial charge in [0.15, 0.2) is 0 Å². The van der Waals surface area contributed by atoms with Crippen molar-refractivity contribution in [3.63, 3.8) is 0 Å². The molecule has 0 bridgehead atoms. The first kappa shape index (κ1) is 27.9. The second-order valence-corrected chi connectivity index (χ2v) is 10.2. The van der Waals surface area contributed by atoms with Crippen LogP contribution in [0.2, 0.25) is 0 Å². The molecule has 41 heavy (non-hydrogen) atoms. The highest BCUT2D eigenvalue weighted by atomic mass is 16.7. The number of carbonyl (C=O) groups is 4. The molecule has 1 heterocycles. The van der Waals surface area contributed by atoms with E-state index in [1.165, 1.54) is 53.6 Å². The molecule has 4 atom stereocenters. The van der Waals surface area contributed by atoms with Crippen molar-refractivity contribution in [3.8, 4) is 6.07 Å². The molecule has 0 amide bonds. The highest BCUT2D eigenvalue weighted by molar-refractivity contribution is 6.28. The third kappa shape index (κ3) is 4.40. The third-order valence-electron chi connectivity index (χ3n) is 7.93. The molecule has 10 nitrogen and oxygen atoms in total. The van der Waals surface area contributed by atoms with Crippen LogP contribution >= 0.6 is 0 Å². The Morgan fingerprint density at radius 1 is 0.878 bits per heavy atom. The highest BCUT2D eigenvalue weighted by Crippen LogP contribution is 2.45. The van der Waals surface area contributed by atoms with Crippen LogP contribution in [0.3, 0.4) is 0 Å². The van der Waals surface area contributed by atoms with E-state index in [-0.39, 0.29) is 23.6 Å². The number of piperidine rings is 1. The van der Waals surface area contributed by atoms with Gasteiger partial charge in [0.2, 0.25) is 11.6 Å². The predicted octanol–water partition coefficient (Wildman–Crippen LogP) is 3.00. The number of carbonyl (C=O) groups excluding carboxylic acids is 2. The number of hydrogen-bond acceptors (Lipinski definition) is 8. The summed E-state index contributed by atoms with van der Waals surface area (Å²) in [5.41, 5.74) is -5.81. The number of carboxylic acid groups (broad SMARTS) is 2. The zero-order valence-electron chi connectivity index (χ0n) is 21.8. The molecule has 1 fully saturated rings. The van der Waals surface area contributed by atoms with Crippen LogP contribution in [-0.2, 0) is 20.8 Å². The Labute approximate surface area is 235 Å². The summed E-state index contributed by atoms with van der Waals surface area (Å²) in [6, 6.07) is 20.6. The molecule has 3 aromatic rings. The maximum Gasteiger partial charge on any atom is 0.350 e. The smallest absolute Gasteiger partial charge is 0.350 e. The van der Waals surface area contributed by atoms with Crippen molar-refractivity contribution >= 4 is 23.5 Å². The van der Waals surface area contributed by atoms with Gasteiger partial charge in [0.25, 0.3) is 11.2 Å². The van der Waals surface area contributed by atoms with E-state index in [4.69, 9.17) is 4.84 Å². The molecule has 2 unspecified atom stereocenters. The summed E-state index contributed by atoms with van der Waals surface area (Å²) in [4.78, 5) is 59.9. The molecular formula is C31H26N2O8. The highest BCUT2D eigenvalue weighted by Gasteiger charge is 2.73. The van der Waals surface area contributed by atoms with Crippen LogP contribution in [0.5, 0.6) is 0 Å². The summed E-state index contributed by atoms with van der Waals surface area (Å²) in [5.74, 6) is -7.51. The molecule has 3 N–H and O–H groups in total. The van der Waals surface area contributed by atoms with Crippen LogP contribution in [0.1, 0.15) is 56.2 Å². The number of ketones is 2. The molecular weight excluding hydrogens is 528 g/mol. The first-order chi connectivity index (χ1) is 19.6. The molecule has 208 valence electrons. The molecule has 5 rings (SSSR count). The van der Waals surface area contributed by atoms with Crippen molar-refractivity contribution in [1.29, 1.82) is 5.26 Å². The minimum atomic E-state index is -3.86. The number of fused-ring (bicyclic) bond motifs is 3. The maximum absolute atomic E-state index is 14.1. The molecule has 1 saturated heterocycles. The Hall–Kier alpha value is -4.69. The van der Waals surface area contributed by atoms with Gasteiger partial charge in [0.05, 0.1) is 11.6 Å². The van der Waals surface area contributed by atoms with Gasteiger partial charge in [-0.15, -0.1) is 0 Å². The van der Waals surface area contributed by atoms with Crippen molar-refractivity contribution in [2.24, 2.45) is 0 Å². The molecule has 3 aromatic carbocycles. The molecule has 0 saturated carbocycles. The summed E-state index contributed by atoms with van der Waals surface area (Å²) >= 11 is 0. The van der Waals surface area contributed by atoms with Gasteiger partial charge in [-0.25, -0.2) is 9.59 Å². The predicted molar refractivity (Wildman–Crippen MR) is 143 cm³/mol. The number of rotatable bonds is 9. The van der Waals surface area contributed by atoms with E-state index in [9.17, 15) is 39.8 Å². The minimum absolute atomic E-state index is 0.104. The third-order valence-corrected chi connectivity index (χ3v) is 7.93. The number of hydrogen-bond donors (Lipinski definition) is 3. The van der Waals surface area contributed by atoms with Gasteiger partial charge < -0.3 is 15.3 Å². The van der Waals surface area contributed by atoms with Crippen molar-refractivity contribution in [2.45, 2.75) is 42.4 Å². The monoisotopic (exact) mass is 554 g/mol. The fourth-order valence-electron chi connectivity index (χ4n) is 5.90. The number of carboxylic acids is 2. The van der Waals surface area contributed by atoms with E-state index in [1.807, 2.05) is 0 Å². The van der Waals surface area contributed by atoms with E-state index >= 15 is 0 Å². The second kappa shape index (κ2) is 10.7. The Morgan fingerprint density at radius 3 is 2.05 bits per heavy atom. The number of aliphatic carboxylic acids is 2. The van der Waals surface area contributed by atoms with Crippen molar-refractivity contribution in [3.05, 3.63) is 107 Å². The van der Waals surface area contributed by atoms with Gasteiger partial charge in [0, 0.05) is 29.6 Å². The topological polar surface area (TPSA) is 165 Å². The van der Waals surface area contributed by atoms with Crippen LogP contribution in [0.25, 0.3) is 0 Å². The van der Waals surface area contributed by atoms with Crippen LogP contribution in [0, 0.1) is 11.3 Å². The quantitative estimate of drug-likeness (QED) is 0.264.